The van der Waals surface area contributed by atoms with Gasteiger partial charge >= 0.3 is 0 Å². The van der Waals surface area contributed by atoms with E-state index in [-0.39, 0.29) is 12.5 Å². The molecule has 0 spiro atoms. The fraction of sp³-hybridized carbons (Fsp3) is 0.500. The highest BCUT2D eigenvalue weighted by atomic mass is 35.5. The molecule has 1 aliphatic rings. The molecular formula is C14H19ClN2O2. The van der Waals surface area contributed by atoms with Crippen LogP contribution in [-0.2, 0) is 4.79 Å². The van der Waals surface area contributed by atoms with Gasteiger partial charge in [0.1, 0.15) is 0 Å². The molecule has 1 aliphatic carbocycles. The van der Waals surface area contributed by atoms with Crippen LogP contribution in [0.4, 0.5) is 5.69 Å². The highest BCUT2D eigenvalue weighted by Gasteiger charge is 2.30. The topological polar surface area (TPSA) is 61.4 Å². The second-order valence-corrected chi connectivity index (χ2v) is 5.53. The van der Waals surface area contributed by atoms with Crippen molar-refractivity contribution in [3.8, 4) is 0 Å². The van der Waals surface area contributed by atoms with Crippen LogP contribution in [0.3, 0.4) is 0 Å². The van der Waals surface area contributed by atoms with Gasteiger partial charge < -0.3 is 15.7 Å². The quantitative estimate of drug-likeness (QED) is 0.776. The first kappa shape index (κ1) is 14.3. The number of carbonyl (C=O) groups is 1. The van der Waals surface area contributed by atoms with Crippen LogP contribution in [0, 0.1) is 0 Å². The van der Waals surface area contributed by atoms with Gasteiger partial charge in [0.25, 0.3) is 0 Å². The fourth-order valence-electron chi connectivity index (χ4n) is 2.39. The minimum Gasteiger partial charge on any atom is -0.389 e. The standard InChI is InChI=1S/C14H19ClN2O2/c15-11-4-3-5-12(8-11)17-13(18)9-16-10-14(19)6-1-2-7-14/h3-5,8,16,19H,1-2,6-7,9-10H2,(H,17,18). The monoisotopic (exact) mass is 282 g/mol. The molecule has 4 nitrogen and oxygen atoms in total. The summed E-state index contributed by atoms with van der Waals surface area (Å²) in [5, 5.41) is 16.5. The highest BCUT2D eigenvalue weighted by Crippen LogP contribution is 2.28. The fourth-order valence-corrected chi connectivity index (χ4v) is 2.58. The third-order valence-corrected chi connectivity index (χ3v) is 3.62. The number of benzene rings is 1. The molecule has 1 fully saturated rings. The first-order valence-corrected chi connectivity index (χ1v) is 6.94. The molecule has 0 bridgehead atoms. The molecule has 2 rings (SSSR count). The average Bonchev–Trinajstić information content (AvgIpc) is 2.76. The minimum atomic E-state index is -0.629. The Morgan fingerprint density at radius 2 is 2.11 bits per heavy atom. The van der Waals surface area contributed by atoms with Crippen molar-refractivity contribution in [1.82, 2.24) is 5.32 Å². The van der Waals surface area contributed by atoms with Gasteiger partial charge in [-0.1, -0.05) is 30.5 Å². The van der Waals surface area contributed by atoms with E-state index in [1.165, 1.54) is 0 Å². The Labute approximate surface area is 118 Å². The van der Waals surface area contributed by atoms with Crippen molar-refractivity contribution >= 4 is 23.2 Å². The van der Waals surface area contributed by atoms with E-state index in [0.717, 1.165) is 25.7 Å². The third kappa shape index (κ3) is 4.49. The summed E-state index contributed by atoms with van der Waals surface area (Å²) in [5.74, 6) is -0.135. The van der Waals surface area contributed by atoms with Crippen molar-refractivity contribution in [3.05, 3.63) is 29.3 Å². The number of amides is 1. The summed E-state index contributed by atoms with van der Waals surface area (Å²) in [6.07, 6.45) is 3.76. The van der Waals surface area contributed by atoms with Crippen LogP contribution in [-0.4, -0.2) is 29.7 Å². The molecule has 0 saturated heterocycles. The van der Waals surface area contributed by atoms with E-state index < -0.39 is 5.60 Å². The Hall–Kier alpha value is -1.10. The Kier molecular flexibility index (Phi) is 4.80. The summed E-state index contributed by atoms with van der Waals surface area (Å²) in [7, 11) is 0. The van der Waals surface area contributed by atoms with Crippen LogP contribution in [0.1, 0.15) is 25.7 Å². The lowest BCUT2D eigenvalue weighted by Gasteiger charge is -2.22. The highest BCUT2D eigenvalue weighted by molar-refractivity contribution is 6.30. The third-order valence-electron chi connectivity index (χ3n) is 3.38. The van der Waals surface area contributed by atoms with Crippen molar-refractivity contribution in [2.45, 2.75) is 31.3 Å². The maximum absolute atomic E-state index is 11.7. The van der Waals surface area contributed by atoms with Crippen molar-refractivity contribution < 1.29 is 9.90 Å². The lowest BCUT2D eigenvalue weighted by Crippen LogP contribution is -2.41. The van der Waals surface area contributed by atoms with Crippen LogP contribution in [0.15, 0.2) is 24.3 Å². The van der Waals surface area contributed by atoms with Gasteiger partial charge in [0.2, 0.25) is 5.91 Å². The first-order valence-electron chi connectivity index (χ1n) is 6.56. The number of hydrogen-bond donors (Lipinski definition) is 3. The van der Waals surface area contributed by atoms with Crippen LogP contribution in [0.5, 0.6) is 0 Å². The zero-order chi connectivity index (χ0) is 13.7. The molecule has 0 aliphatic heterocycles. The van der Waals surface area contributed by atoms with Gasteiger partial charge in [0.15, 0.2) is 0 Å². The van der Waals surface area contributed by atoms with Crippen LogP contribution in [0.25, 0.3) is 0 Å². The zero-order valence-electron chi connectivity index (χ0n) is 10.8. The lowest BCUT2D eigenvalue weighted by atomic mass is 10.0. The maximum Gasteiger partial charge on any atom is 0.238 e. The SMILES string of the molecule is O=C(CNCC1(O)CCCC1)Nc1cccc(Cl)c1. The molecule has 3 N–H and O–H groups in total. The summed E-state index contributed by atoms with van der Waals surface area (Å²) in [4.78, 5) is 11.7. The number of anilines is 1. The van der Waals surface area contributed by atoms with Gasteiger partial charge in [-0.2, -0.15) is 0 Å². The molecule has 0 atom stereocenters. The molecule has 19 heavy (non-hydrogen) atoms. The average molecular weight is 283 g/mol. The largest absolute Gasteiger partial charge is 0.389 e. The van der Waals surface area contributed by atoms with Gasteiger partial charge in [-0.3, -0.25) is 4.79 Å². The summed E-state index contributed by atoms with van der Waals surface area (Å²) < 4.78 is 0. The predicted molar refractivity (Wildman–Crippen MR) is 76.4 cm³/mol. The van der Waals surface area contributed by atoms with Crippen molar-refractivity contribution in [3.63, 3.8) is 0 Å². The molecule has 1 saturated carbocycles. The van der Waals surface area contributed by atoms with Crippen LogP contribution >= 0.6 is 11.6 Å². The molecule has 0 radical (unpaired) electrons. The van der Waals surface area contributed by atoms with Gasteiger partial charge in [-0.15, -0.1) is 0 Å². The van der Waals surface area contributed by atoms with E-state index in [9.17, 15) is 9.90 Å². The first-order chi connectivity index (χ1) is 9.07. The van der Waals surface area contributed by atoms with Gasteiger partial charge in [0, 0.05) is 17.3 Å². The minimum absolute atomic E-state index is 0.135. The van der Waals surface area contributed by atoms with Gasteiger partial charge in [-0.25, -0.2) is 0 Å². The van der Waals surface area contributed by atoms with E-state index in [1.54, 1.807) is 24.3 Å². The Morgan fingerprint density at radius 1 is 1.37 bits per heavy atom. The van der Waals surface area contributed by atoms with Crippen molar-refractivity contribution in [1.29, 1.82) is 0 Å². The number of rotatable bonds is 5. The molecule has 1 aromatic carbocycles. The Morgan fingerprint density at radius 3 is 2.79 bits per heavy atom. The van der Waals surface area contributed by atoms with Gasteiger partial charge in [-0.05, 0) is 31.0 Å². The molecule has 5 heteroatoms. The molecule has 1 aromatic rings. The zero-order valence-corrected chi connectivity index (χ0v) is 11.5. The van der Waals surface area contributed by atoms with Crippen molar-refractivity contribution in [2.75, 3.05) is 18.4 Å². The molecular weight excluding hydrogens is 264 g/mol. The Balaban J connectivity index is 1.73. The van der Waals surface area contributed by atoms with E-state index in [4.69, 9.17) is 11.6 Å². The van der Waals surface area contributed by atoms with E-state index in [0.29, 0.717) is 17.3 Å². The molecule has 104 valence electrons. The van der Waals surface area contributed by atoms with Crippen LogP contribution < -0.4 is 10.6 Å². The summed E-state index contributed by atoms with van der Waals surface area (Å²) in [6, 6.07) is 7.02. The number of aliphatic hydroxyl groups is 1. The lowest BCUT2D eigenvalue weighted by molar-refractivity contribution is -0.115. The summed E-state index contributed by atoms with van der Waals surface area (Å²) in [5.41, 5.74) is 0.0509. The van der Waals surface area contributed by atoms with Gasteiger partial charge in [0.05, 0.1) is 12.1 Å². The van der Waals surface area contributed by atoms with Crippen LogP contribution in [0.2, 0.25) is 5.02 Å². The Bertz CT molecular complexity index is 445. The normalized spacial score (nSPS) is 17.4. The smallest absolute Gasteiger partial charge is 0.238 e. The second kappa shape index (κ2) is 6.37. The summed E-state index contributed by atoms with van der Waals surface area (Å²) in [6.45, 7) is 0.658. The summed E-state index contributed by atoms with van der Waals surface area (Å²) >= 11 is 5.84. The van der Waals surface area contributed by atoms with E-state index >= 15 is 0 Å². The van der Waals surface area contributed by atoms with E-state index in [2.05, 4.69) is 10.6 Å². The molecule has 0 unspecified atom stereocenters. The molecule has 1 amide bonds. The molecule has 0 heterocycles. The number of hydrogen-bond acceptors (Lipinski definition) is 3. The predicted octanol–water partition coefficient (Wildman–Crippen LogP) is 2.17. The second-order valence-electron chi connectivity index (χ2n) is 5.09. The maximum atomic E-state index is 11.7. The molecule has 0 aromatic heterocycles. The number of nitrogens with one attached hydrogen (secondary N) is 2. The number of halogens is 1. The number of carbonyl (C=O) groups excluding carboxylic acids is 1. The van der Waals surface area contributed by atoms with Crippen molar-refractivity contribution in [2.24, 2.45) is 0 Å². The van der Waals surface area contributed by atoms with E-state index in [1.807, 2.05) is 0 Å².